The number of benzene rings is 2. The van der Waals surface area contributed by atoms with Crippen molar-refractivity contribution in [3.8, 4) is 0 Å². The van der Waals surface area contributed by atoms with Gasteiger partial charge in [0.05, 0.1) is 23.2 Å². The number of carbonyl (C=O) groups excluding carboxylic acids is 2. The summed E-state index contributed by atoms with van der Waals surface area (Å²) in [6, 6.07) is 10.8. The third-order valence-corrected chi connectivity index (χ3v) is 6.39. The Bertz CT molecular complexity index is 1070. The van der Waals surface area contributed by atoms with Crippen molar-refractivity contribution in [1.29, 1.82) is 0 Å². The Morgan fingerprint density at radius 1 is 1.10 bits per heavy atom. The molecule has 1 fully saturated rings. The molecule has 0 saturated carbocycles. The maximum Gasteiger partial charge on any atom is 0.255 e. The van der Waals surface area contributed by atoms with Gasteiger partial charge >= 0.3 is 0 Å². The average Bonchev–Trinajstić information content (AvgIpc) is 3.26. The van der Waals surface area contributed by atoms with Crippen LogP contribution >= 0.6 is 0 Å². The number of hydrogen-bond donors (Lipinski definition) is 1. The molecule has 1 atom stereocenters. The summed E-state index contributed by atoms with van der Waals surface area (Å²) < 4.78 is 40.2. The Morgan fingerprint density at radius 3 is 2.32 bits per heavy atom. The van der Waals surface area contributed by atoms with E-state index in [4.69, 9.17) is 0 Å². The summed E-state index contributed by atoms with van der Waals surface area (Å²) in [5, 5.41) is 2.69. The van der Waals surface area contributed by atoms with E-state index in [-0.39, 0.29) is 18.0 Å². The molecule has 9 heteroatoms. The summed E-state index contributed by atoms with van der Waals surface area (Å²) in [4.78, 5) is 27.7. The molecule has 2 aromatic rings. The normalized spacial score (nSPS) is 14.9. The minimum atomic E-state index is -3.97. The van der Waals surface area contributed by atoms with Gasteiger partial charge in [0.2, 0.25) is 15.9 Å². The van der Waals surface area contributed by atoms with E-state index in [0.29, 0.717) is 24.3 Å². The molecule has 1 aliphatic rings. The third kappa shape index (κ3) is 5.04. The molecule has 3 rings (SSSR count). The molecule has 2 aromatic carbocycles. The molecule has 1 saturated heterocycles. The lowest BCUT2D eigenvalue weighted by Crippen LogP contribution is -2.47. The SMILES string of the molecule is CC[C@@H](C(=O)Nc1ccccc1C(=O)N1CCCC1)N(c1ccccc1F)S(C)(=O)=O. The maximum atomic E-state index is 14.4. The van der Waals surface area contributed by atoms with Gasteiger partial charge in [-0.05, 0) is 43.5 Å². The number of hydrogen-bond acceptors (Lipinski definition) is 4. The lowest BCUT2D eigenvalue weighted by Gasteiger charge is -2.30. The van der Waals surface area contributed by atoms with E-state index in [1.807, 2.05) is 0 Å². The lowest BCUT2D eigenvalue weighted by molar-refractivity contribution is -0.117. The number of sulfonamides is 1. The van der Waals surface area contributed by atoms with E-state index >= 15 is 0 Å². The van der Waals surface area contributed by atoms with Crippen LogP contribution in [0.15, 0.2) is 48.5 Å². The van der Waals surface area contributed by atoms with Gasteiger partial charge in [0, 0.05) is 13.1 Å². The molecule has 1 heterocycles. The maximum absolute atomic E-state index is 14.4. The second kappa shape index (κ2) is 9.47. The van der Waals surface area contributed by atoms with E-state index in [9.17, 15) is 22.4 Å². The standard InChI is InChI=1S/C22H26FN3O4S/c1-3-19(26(31(2,29)30)20-13-7-5-11-17(20)23)21(27)24-18-12-6-4-10-16(18)22(28)25-14-8-9-15-25/h4-7,10-13,19H,3,8-9,14-15H2,1-2H3,(H,24,27)/t19-/m0/s1. The molecule has 0 bridgehead atoms. The Hall–Kier alpha value is -2.94. The molecule has 31 heavy (non-hydrogen) atoms. The fourth-order valence-corrected chi connectivity index (χ4v) is 4.96. The minimum absolute atomic E-state index is 0.107. The van der Waals surface area contributed by atoms with Gasteiger partial charge in [-0.3, -0.25) is 13.9 Å². The van der Waals surface area contributed by atoms with Gasteiger partial charge < -0.3 is 10.2 Å². The van der Waals surface area contributed by atoms with Crippen LogP contribution in [0.1, 0.15) is 36.5 Å². The molecule has 0 unspecified atom stereocenters. The summed E-state index contributed by atoms with van der Waals surface area (Å²) in [6.07, 6.45) is 2.91. The monoisotopic (exact) mass is 447 g/mol. The highest BCUT2D eigenvalue weighted by atomic mass is 32.2. The number of nitrogens with one attached hydrogen (secondary N) is 1. The van der Waals surface area contributed by atoms with Crippen molar-refractivity contribution in [2.75, 3.05) is 29.0 Å². The van der Waals surface area contributed by atoms with Gasteiger partial charge in [-0.1, -0.05) is 31.2 Å². The second-order valence-electron chi connectivity index (χ2n) is 7.47. The van der Waals surface area contributed by atoms with Crippen molar-refractivity contribution in [3.63, 3.8) is 0 Å². The van der Waals surface area contributed by atoms with Gasteiger partial charge in [0.1, 0.15) is 11.9 Å². The molecular weight excluding hydrogens is 421 g/mol. The molecule has 166 valence electrons. The van der Waals surface area contributed by atoms with E-state index in [1.54, 1.807) is 36.1 Å². The highest BCUT2D eigenvalue weighted by molar-refractivity contribution is 7.92. The Kier molecular flexibility index (Phi) is 6.94. The highest BCUT2D eigenvalue weighted by Crippen LogP contribution is 2.27. The van der Waals surface area contributed by atoms with Crippen molar-refractivity contribution in [3.05, 3.63) is 59.9 Å². The summed E-state index contributed by atoms with van der Waals surface area (Å²) in [5.41, 5.74) is 0.433. The first-order valence-corrected chi connectivity index (χ1v) is 12.0. The van der Waals surface area contributed by atoms with Crippen LogP contribution in [0.3, 0.4) is 0 Å². The zero-order chi connectivity index (χ0) is 22.6. The summed E-state index contributed by atoms with van der Waals surface area (Å²) >= 11 is 0. The van der Waals surface area contributed by atoms with E-state index < -0.39 is 27.8 Å². The largest absolute Gasteiger partial charge is 0.339 e. The predicted octanol–water partition coefficient (Wildman–Crippen LogP) is 3.25. The minimum Gasteiger partial charge on any atom is -0.339 e. The fraction of sp³-hybridized carbons (Fsp3) is 0.364. The van der Waals surface area contributed by atoms with Crippen LogP contribution in [0.5, 0.6) is 0 Å². The van der Waals surface area contributed by atoms with Crippen molar-refractivity contribution >= 4 is 33.2 Å². The summed E-state index contributed by atoms with van der Waals surface area (Å²) in [5.74, 6) is -1.57. The second-order valence-corrected chi connectivity index (χ2v) is 9.33. The smallest absolute Gasteiger partial charge is 0.255 e. The number of nitrogens with zero attached hydrogens (tertiary/aromatic N) is 2. The molecule has 0 radical (unpaired) electrons. The predicted molar refractivity (Wildman–Crippen MR) is 118 cm³/mol. The molecule has 1 aliphatic heterocycles. The zero-order valence-electron chi connectivity index (χ0n) is 17.5. The molecule has 1 N–H and O–H groups in total. The molecule has 2 amide bonds. The Morgan fingerprint density at radius 2 is 1.71 bits per heavy atom. The first-order chi connectivity index (χ1) is 14.7. The summed E-state index contributed by atoms with van der Waals surface area (Å²) in [7, 11) is -3.97. The van der Waals surface area contributed by atoms with Crippen LogP contribution in [0.25, 0.3) is 0 Å². The van der Waals surface area contributed by atoms with Crippen molar-refractivity contribution in [1.82, 2.24) is 4.90 Å². The summed E-state index contributed by atoms with van der Waals surface area (Å²) in [6.45, 7) is 2.96. The van der Waals surface area contributed by atoms with Crippen LogP contribution in [0, 0.1) is 5.82 Å². The van der Waals surface area contributed by atoms with Crippen LogP contribution in [-0.2, 0) is 14.8 Å². The number of carbonyl (C=O) groups is 2. The number of para-hydroxylation sites is 2. The topological polar surface area (TPSA) is 86.8 Å². The first-order valence-electron chi connectivity index (χ1n) is 10.2. The van der Waals surface area contributed by atoms with Gasteiger partial charge in [-0.25, -0.2) is 12.8 Å². The molecular formula is C22H26FN3O4S. The molecule has 7 nitrogen and oxygen atoms in total. The molecule has 0 aliphatic carbocycles. The van der Waals surface area contributed by atoms with Crippen LogP contribution in [-0.4, -0.2) is 50.5 Å². The van der Waals surface area contributed by atoms with Crippen molar-refractivity contribution < 1.29 is 22.4 Å². The van der Waals surface area contributed by atoms with Gasteiger partial charge in [-0.15, -0.1) is 0 Å². The first kappa shape index (κ1) is 22.7. The van der Waals surface area contributed by atoms with E-state index in [1.165, 1.54) is 18.2 Å². The van der Waals surface area contributed by atoms with E-state index in [2.05, 4.69) is 5.32 Å². The third-order valence-electron chi connectivity index (χ3n) is 5.23. The van der Waals surface area contributed by atoms with Crippen molar-refractivity contribution in [2.45, 2.75) is 32.2 Å². The Labute approximate surface area is 181 Å². The molecule has 0 aromatic heterocycles. The Balaban J connectivity index is 1.92. The number of rotatable bonds is 7. The quantitative estimate of drug-likeness (QED) is 0.706. The van der Waals surface area contributed by atoms with Crippen LogP contribution < -0.4 is 9.62 Å². The highest BCUT2D eigenvalue weighted by Gasteiger charge is 2.33. The van der Waals surface area contributed by atoms with Gasteiger partial charge in [-0.2, -0.15) is 0 Å². The van der Waals surface area contributed by atoms with Crippen LogP contribution in [0.4, 0.5) is 15.8 Å². The van der Waals surface area contributed by atoms with Crippen molar-refractivity contribution in [2.24, 2.45) is 0 Å². The number of likely N-dealkylation sites (tertiary alicyclic amines) is 1. The average molecular weight is 448 g/mol. The number of halogens is 1. The lowest BCUT2D eigenvalue weighted by atomic mass is 10.1. The van der Waals surface area contributed by atoms with Gasteiger partial charge in [0.15, 0.2) is 0 Å². The number of anilines is 2. The zero-order valence-corrected chi connectivity index (χ0v) is 18.4. The molecule has 0 spiro atoms. The van der Waals surface area contributed by atoms with Crippen LogP contribution in [0.2, 0.25) is 0 Å². The van der Waals surface area contributed by atoms with Gasteiger partial charge in [0.25, 0.3) is 5.91 Å². The fourth-order valence-electron chi connectivity index (χ4n) is 3.75. The number of amides is 2. The van der Waals surface area contributed by atoms with E-state index in [0.717, 1.165) is 29.5 Å².